The standard InChI is InChI=1S/C19H19F3N4O.ClH/c20-19(21,22)18-24-14-9-8-13(11-15(14)25-18)17(12-5-2-1-3-6-12)26-16(27)7-4-10-23;/h1-3,5-6,8-9,11,17H,4,7,10,23H2,(H,24,25)(H,26,27);1H. The molecule has 0 aliphatic heterocycles. The second kappa shape index (κ2) is 9.07. The largest absolute Gasteiger partial charge is 0.449 e. The lowest BCUT2D eigenvalue weighted by Crippen LogP contribution is -2.29. The second-order valence-electron chi connectivity index (χ2n) is 6.16. The minimum atomic E-state index is -4.55. The summed E-state index contributed by atoms with van der Waals surface area (Å²) in [7, 11) is 0. The third-order valence-corrected chi connectivity index (χ3v) is 4.15. The molecule has 1 atom stereocenters. The van der Waals surface area contributed by atoms with Crippen LogP contribution in [0.1, 0.15) is 35.8 Å². The molecule has 28 heavy (non-hydrogen) atoms. The third-order valence-electron chi connectivity index (χ3n) is 4.15. The van der Waals surface area contributed by atoms with E-state index in [1.807, 2.05) is 30.3 Å². The Morgan fingerprint density at radius 3 is 2.50 bits per heavy atom. The Hall–Kier alpha value is -2.58. The number of aromatic amines is 1. The predicted octanol–water partition coefficient (Wildman–Crippen LogP) is 3.95. The van der Waals surface area contributed by atoms with Gasteiger partial charge in [0.05, 0.1) is 17.1 Å². The Labute approximate surface area is 165 Å². The first-order chi connectivity index (χ1) is 12.9. The minimum Gasteiger partial charge on any atom is -0.345 e. The first-order valence-corrected chi connectivity index (χ1v) is 8.49. The number of nitrogens with one attached hydrogen (secondary N) is 2. The summed E-state index contributed by atoms with van der Waals surface area (Å²) in [5.74, 6) is -1.21. The van der Waals surface area contributed by atoms with Gasteiger partial charge in [0.1, 0.15) is 0 Å². The van der Waals surface area contributed by atoms with Gasteiger partial charge in [0, 0.05) is 6.42 Å². The topological polar surface area (TPSA) is 83.8 Å². The summed E-state index contributed by atoms with van der Waals surface area (Å²) in [4.78, 5) is 18.1. The van der Waals surface area contributed by atoms with Crippen LogP contribution in [0.4, 0.5) is 13.2 Å². The zero-order valence-corrected chi connectivity index (χ0v) is 15.6. The number of imidazole rings is 1. The molecule has 1 amide bonds. The van der Waals surface area contributed by atoms with E-state index < -0.39 is 18.0 Å². The average molecular weight is 413 g/mol. The smallest absolute Gasteiger partial charge is 0.345 e. The lowest BCUT2D eigenvalue weighted by atomic mass is 9.98. The third kappa shape index (κ3) is 5.02. The van der Waals surface area contributed by atoms with Crippen molar-refractivity contribution in [1.29, 1.82) is 0 Å². The molecule has 150 valence electrons. The number of H-pyrrole nitrogens is 1. The van der Waals surface area contributed by atoms with Gasteiger partial charge in [-0.25, -0.2) is 4.98 Å². The molecule has 0 bridgehead atoms. The van der Waals surface area contributed by atoms with Crippen molar-refractivity contribution in [3.05, 3.63) is 65.5 Å². The van der Waals surface area contributed by atoms with E-state index in [0.717, 1.165) is 5.56 Å². The molecular weight excluding hydrogens is 393 g/mol. The van der Waals surface area contributed by atoms with Crippen molar-refractivity contribution in [2.24, 2.45) is 5.73 Å². The van der Waals surface area contributed by atoms with Crippen LogP contribution in [0.3, 0.4) is 0 Å². The van der Waals surface area contributed by atoms with Crippen LogP contribution in [0.15, 0.2) is 48.5 Å². The average Bonchev–Trinajstić information content (AvgIpc) is 3.09. The van der Waals surface area contributed by atoms with Gasteiger partial charge in [0.25, 0.3) is 0 Å². The van der Waals surface area contributed by atoms with Crippen LogP contribution in [-0.4, -0.2) is 22.4 Å². The second-order valence-corrected chi connectivity index (χ2v) is 6.16. The SMILES string of the molecule is Cl.NCCCC(=O)NC(c1ccccc1)c1ccc2nc(C(F)(F)F)[nH]c2c1. The molecule has 3 rings (SSSR count). The maximum absolute atomic E-state index is 12.9. The van der Waals surface area contributed by atoms with Crippen molar-refractivity contribution in [3.63, 3.8) is 0 Å². The molecule has 0 spiro atoms. The van der Waals surface area contributed by atoms with Crippen LogP contribution in [0.25, 0.3) is 11.0 Å². The maximum Gasteiger partial charge on any atom is 0.449 e. The number of nitrogens with two attached hydrogens (primary N) is 1. The Bertz CT molecular complexity index is 928. The summed E-state index contributed by atoms with van der Waals surface area (Å²) >= 11 is 0. The Morgan fingerprint density at radius 1 is 1.14 bits per heavy atom. The Kier molecular flexibility index (Phi) is 7.04. The molecule has 1 heterocycles. The van der Waals surface area contributed by atoms with Crippen molar-refractivity contribution in [3.8, 4) is 0 Å². The summed E-state index contributed by atoms with van der Waals surface area (Å²) in [5, 5.41) is 2.94. The van der Waals surface area contributed by atoms with Gasteiger partial charge in [0.15, 0.2) is 0 Å². The van der Waals surface area contributed by atoms with Crippen molar-refractivity contribution in [2.75, 3.05) is 6.54 Å². The van der Waals surface area contributed by atoms with Gasteiger partial charge in [-0.3, -0.25) is 4.79 Å². The van der Waals surface area contributed by atoms with Gasteiger partial charge in [-0.1, -0.05) is 36.4 Å². The van der Waals surface area contributed by atoms with Gasteiger partial charge in [-0.05, 0) is 36.2 Å². The van der Waals surface area contributed by atoms with Crippen molar-refractivity contribution in [1.82, 2.24) is 15.3 Å². The Balaban J connectivity index is 0.00000280. The molecule has 2 aromatic carbocycles. The summed E-state index contributed by atoms with van der Waals surface area (Å²) in [6.45, 7) is 0.406. The van der Waals surface area contributed by atoms with Crippen LogP contribution in [-0.2, 0) is 11.0 Å². The molecule has 3 aromatic rings. The molecule has 5 nitrogen and oxygen atoms in total. The first-order valence-electron chi connectivity index (χ1n) is 8.49. The van der Waals surface area contributed by atoms with E-state index in [0.29, 0.717) is 18.5 Å². The van der Waals surface area contributed by atoms with Gasteiger partial charge in [-0.15, -0.1) is 12.4 Å². The van der Waals surface area contributed by atoms with Crippen molar-refractivity contribution < 1.29 is 18.0 Å². The van der Waals surface area contributed by atoms with E-state index in [1.54, 1.807) is 12.1 Å². The van der Waals surface area contributed by atoms with E-state index in [-0.39, 0.29) is 35.8 Å². The highest BCUT2D eigenvalue weighted by Gasteiger charge is 2.34. The van der Waals surface area contributed by atoms with E-state index in [2.05, 4.69) is 15.3 Å². The summed E-state index contributed by atoms with van der Waals surface area (Å²) in [6.07, 6.45) is -3.71. The zero-order chi connectivity index (χ0) is 19.4. The van der Waals surface area contributed by atoms with Crippen LogP contribution in [0.2, 0.25) is 0 Å². The normalized spacial score (nSPS) is 12.4. The van der Waals surface area contributed by atoms with Gasteiger partial charge in [-0.2, -0.15) is 13.2 Å². The molecule has 0 radical (unpaired) electrons. The molecule has 9 heteroatoms. The number of halogens is 4. The maximum atomic E-state index is 12.9. The fraction of sp³-hybridized carbons (Fsp3) is 0.263. The number of nitrogens with zero attached hydrogens (tertiary/aromatic N) is 1. The van der Waals surface area contributed by atoms with Crippen LogP contribution < -0.4 is 11.1 Å². The van der Waals surface area contributed by atoms with Crippen molar-refractivity contribution in [2.45, 2.75) is 25.1 Å². The molecule has 1 unspecified atom stereocenters. The number of hydrogen-bond acceptors (Lipinski definition) is 3. The van der Waals surface area contributed by atoms with Crippen LogP contribution in [0.5, 0.6) is 0 Å². The summed E-state index contributed by atoms with van der Waals surface area (Å²) < 4.78 is 38.6. The highest BCUT2D eigenvalue weighted by Crippen LogP contribution is 2.30. The fourth-order valence-corrected chi connectivity index (χ4v) is 2.84. The van der Waals surface area contributed by atoms with Gasteiger partial charge in [0.2, 0.25) is 11.7 Å². The van der Waals surface area contributed by atoms with E-state index in [9.17, 15) is 18.0 Å². The molecule has 0 saturated carbocycles. The number of hydrogen-bond donors (Lipinski definition) is 3. The quantitative estimate of drug-likeness (QED) is 0.573. The molecular formula is C19H20ClF3N4O. The van der Waals surface area contributed by atoms with Crippen molar-refractivity contribution >= 4 is 29.3 Å². The number of carbonyl (C=O) groups is 1. The number of carbonyl (C=O) groups excluding carboxylic acids is 1. The van der Waals surface area contributed by atoms with E-state index in [4.69, 9.17) is 5.73 Å². The monoisotopic (exact) mass is 412 g/mol. The summed E-state index contributed by atoms with van der Waals surface area (Å²) in [5.41, 5.74) is 7.41. The number of rotatable bonds is 6. The molecule has 0 aliphatic carbocycles. The molecule has 4 N–H and O–H groups in total. The van der Waals surface area contributed by atoms with E-state index in [1.165, 1.54) is 6.07 Å². The molecule has 0 fully saturated rings. The molecule has 0 saturated heterocycles. The highest BCUT2D eigenvalue weighted by atomic mass is 35.5. The number of aromatic nitrogens is 2. The lowest BCUT2D eigenvalue weighted by Gasteiger charge is -2.20. The minimum absolute atomic E-state index is 0. The van der Waals surface area contributed by atoms with Crippen LogP contribution in [0, 0.1) is 0 Å². The van der Waals surface area contributed by atoms with E-state index >= 15 is 0 Å². The van der Waals surface area contributed by atoms with Crippen LogP contribution >= 0.6 is 12.4 Å². The number of benzene rings is 2. The molecule has 1 aromatic heterocycles. The fourth-order valence-electron chi connectivity index (χ4n) is 2.84. The zero-order valence-electron chi connectivity index (χ0n) is 14.8. The van der Waals surface area contributed by atoms with Gasteiger partial charge >= 0.3 is 6.18 Å². The first kappa shape index (κ1) is 21.7. The Morgan fingerprint density at radius 2 is 1.86 bits per heavy atom. The number of fused-ring (bicyclic) bond motifs is 1. The summed E-state index contributed by atoms with van der Waals surface area (Å²) in [6, 6.07) is 13.5. The van der Waals surface area contributed by atoms with Gasteiger partial charge < -0.3 is 16.0 Å². The number of amides is 1. The lowest BCUT2D eigenvalue weighted by molar-refractivity contribution is -0.144. The highest BCUT2D eigenvalue weighted by molar-refractivity contribution is 5.85. The number of alkyl halides is 3. The predicted molar refractivity (Wildman–Crippen MR) is 103 cm³/mol. The molecule has 0 aliphatic rings.